The SMILES string of the molecule is Cc1c(C(=O)NCc2nccn2C)oc2ccc(F)cc12. The molecule has 1 amide bonds. The number of carbonyl (C=O) groups excluding carboxylic acids is 1. The number of nitrogens with zero attached hydrogens (tertiary/aromatic N) is 2. The van der Waals surface area contributed by atoms with Crippen LogP contribution >= 0.6 is 0 Å². The van der Waals surface area contributed by atoms with Crippen molar-refractivity contribution in [3.8, 4) is 0 Å². The summed E-state index contributed by atoms with van der Waals surface area (Å²) in [5.41, 5.74) is 1.12. The number of benzene rings is 1. The topological polar surface area (TPSA) is 60.1 Å². The molecule has 2 aromatic heterocycles. The highest BCUT2D eigenvalue weighted by Crippen LogP contribution is 2.25. The van der Waals surface area contributed by atoms with Crippen LogP contribution < -0.4 is 5.32 Å². The van der Waals surface area contributed by atoms with Crippen LogP contribution in [0.4, 0.5) is 4.39 Å². The number of hydrogen-bond acceptors (Lipinski definition) is 3. The number of aryl methyl sites for hydroxylation is 2. The van der Waals surface area contributed by atoms with Crippen LogP contribution in [-0.4, -0.2) is 15.5 Å². The molecule has 1 aromatic carbocycles. The zero-order chi connectivity index (χ0) is 15.0. The van der Waals surface area contributed by atoms with Gasteiger partial charge in [0.05, 0.1) is 6.54 Å². The number of furan rings is 1. The maximum absolute atomic E-state index is 13.3. The first-order chi connectivity index (χ1) is 10.1. The quantitative estimate of drug-likeness (QED) is 0.805. The van der Waals surface area contributed by atoms with E-state index < -0.39 is 0 Å². The molecule has 3 rings (SSSR count). The number of aromatic nitrogens is 2. The Morgan fingerprint density at radius 2 is 2.29 bits per heavy atom. The van der Waals surface area contributed by atoms with Crippen molar-refractivity contribution in [3.05, 3.63) is 53.6 Å². The molecule has 0 bridgehead atoms. The van der Waals surface area contributed by atoms with E-state index in [9.17, 15) is 9.18 Å². The van der Waals surface area contributed by atoms with Crippen LogP contribution in [0.2, 0.25) is 0 Å². The van der Waals surface area contributed by atoms with Crippen molar-refractivity contribution in [2.75, 3.05) is 0 Å². The van der Waals surface area contributed by atoms with Gasteiger partial charge in [-0.1, -0.05) is 0 Å². The summed E-state index contributed by atoms with van der Waals surface area (Å²) in [4.78, 5) is 16.3. The van der Waals surface area contributed by atoms with Gasteiger partial charge in [-0.25, -0.2) is 9.37 Å². The summed E-state index contributed by atoms with van der Waals surface area (Å²) in [7, 11) is 1.85. The Kier molecular flexibility index (Phi) is 3.21. The van der Waals surface area contributed by atoms with Crippen LogP contribution in [0.3, 0.4) is 0 Å². The summed E-state index contributed by atoms with van der Waals surface area (Å²) in [5, 5.41) is 3.36. The lowest BCUT2D eigenvalue weighted by Gasteiger charge is -2.04. The molecule has 1 N–H and O–H groups in total. The Balaban J connectivity index is 1.84. The Bertz CT molecular complexity index is 820. The number of rotatable bonds is 3. The number of amides is 1. The predicted molar refractivity (Wildman–Crippen MR) is 75.3 cm³/mol. The fourth-order valence-electron chi connectivity index (χ4n) is 2.22. The molecule has 2 heterocycles. The van der Waals surface area contributed by atoms with E-state index in [4.69, 9.17) is 4.42 Å². The molecular formula is C15H14FN3O2. The van der Waals surface area contributed by atoms with Crippen molar-refractivity contribution >= 4 is 16.9 Å². The van der Waals surface area contributed by atoms with Gasteiger partial charge in [-0.15, -0.1) is 0 Å². The first-order valence-corrected chi connectivity index (χ1v) is 6.49. The summed E-state index contributed by atoms with van der Waals surface area (Å²) >= 11 is 0. The third-order valence-electron chi connectivity index (χ3n) is 3.43. The van der Waals surface area contributed by atoms with Gasteiger partial charge in [-0.05, 0) is 25.1 Å². The van der Waals surface area contributed by atoms with E-state index in [0.29, 0.717) is 23.1 Å². The van der Waals surface area contributed by atoms with E-state index in [-0.39, 0.29) is 17.5 Å². The van der Waals surface area contributed by atoms with Gasteiger partial charge < -0.3 is 14.3 Å². The smallest absolute Gasteiger partial charge is 0.287 e. The molecule has 3 aromatic rings. The van der Waals surface area contributed by atoms with E-state index in [2.05, 4.69) is 10.3 Å². The second-order valence-electron chi connectivity index (χ2n) is 4.83. The normalized spacial score (nSPS) is 11.0. The Morgan fingerprint density at radius 1 is 1.48 bits per heavy atom. The van der Waals surface area contributed by atoms with Gasteiger partial charge in [0.15, 0.2) is 5.76 Å². The minimum Gasteiger partial charge on any atom is -0.451 e. The van der Waals surface area contributed by atoms with Gasteiger partial charge in [0.2, 0.25) is 0 Å². The number of imidazole rings is 1. The van der Waals surface area contributed by atoms with E-state index in [1.807, 2.05) is 11.6 Å². The molecule has 0 aliphatic carbocycles. The molecule has 5 nitrogen and oxygen atoms in total. The van der Waals surface area contributed by atoms with Crippen LogP contribution in [0.15, 0.2) is 35.0 Å². The van der Waals surface area contributed by atoms with E-state index in [0.717, 1.165) is 5.82 Å². The molecule has 0 unspecified atom stereocenters. The van der Waals surface area contributed by atoms with Crippen molar-refractivity contribution in [2.24, 2.45) is 7.05 Å². The predicted octanol–water partition coefficient (Wildman–Crippen LogP) is 2.54. The van der Waals surface area contributed by atoms with Crippen LogP contribution in [0.25, 0.3) is 11.0 Å². The van der Waals surface area contributed by atoms with Crippen molar-refractivity contribution in [3.63, 3.8) is 0 Å². The summed E-state index contributed by atoms with van der Waals surface area (Å²) < 4.78 is 20.6. The van der Waals surface area contributed by atoms with Gasteiger partial charge in [-0.2, -0.15) is 0 Å². The number of nitrogens with one attached hydrogen (secondary N) is 1. The second kappa shape index (κ2) is 5.05. The Morgan fingerprint density at radius 3 is 3.00 bits per heavy atom. The summed E-state index contributed by atoms with van der Waals surface area (Å²) in [6, 6.07) is 4.19. The van der Waals surface area contributed by atoms with Crippen molar-refractivity contribution < 1.29 is 13.6 Å². The fourth-order valence-corrected chi connectivity index (χ4v) is 2.22. The summed E-state index contributed by atoms with van der Waals surface area (Å²) in [6.45, 7) is 2.04. The first-order valence-electron chi connectivity index (χ1n) is 6.49. The van der Waals surface area contributed by atoms with Crippen molar-refractivity contribution in [1.82, 2.24) is 14.9 Å². The molecule has 0 fully saturated rings. The lowest BCUT2D eigenvalue weighted by atomic mass is 10.1. The van der Waals surface area contributed by atoms with E-state index >= 15 is 0 Å². The molecular weight excluding hydrogens is 273 g/mol. The molecule has 21 heavy (non-hydrogen) atoms. The molecule has 0 aliphatic heterocycles. The maximum atomic E-state index is 13.3. The van der Waals surface area contributed by atoms with Crippen LogP contribution in [0.1, 0.15) is 21.9 Å². The number of hydrogen-bond donors (Lipinski definition) is 1. The molecule has 6 heteroatoms. The Labute approximate surface area is 120 Å². The molecule has 0 radical (unpaired) electrons. The van der Waals surface area contributed by atoms with Crippen molar-refractivity contribution in [1.29, 1.82) is 0 Å². The van der Waals surface area contributed by atoms with Gasteiger partial charge in [0.1, 0.15) is 17.2 Å². The molecule has 0 spiro atoms. The average Bonchev–Trinajstić information content (AvgIpc) is 3.01. The van der Waals surface area contributed by atoms with Crippen LogP contribution in [-0.2, 0) is 13.6 Å². The van der Waals surface area contributed by atoms with E-state index in [1.54, 1.807) is 19.3 Å². The zero-order valence-electron chi connectivity index (χ0n) is 11.7. The summed E-state index contributed by atoms with van der Waals surface area (Å²) in [5.74, 6) is 0.242. The third-order valence-corrected chi connectivity index (χ3v) is 3.43. The van der Waals surface area contributed by atoms with Crippen molar-refractivity contribution in [2.45, 2.75) is 13.5 Å². The lowest BCUT2D eigenvalue weighted by Crippen LogP contribution is -2.24. The monoisotopic (exact) mass is 287 g/mol. The number of fused-ring (bicyclic) bond motifs is 1. The van der Waals surface area contributed by atoms with Crippen LogP contribution in [0, 0.1) is 12.7 Å². The number of carbonyl (C=O) groups is 1. The third kappa shape index (κ3) is 2.40. The molecule has 0 atom stereocenters. The summed E-state index contributed by atoms with van der Waals surface area (Å²) in [6.07, 6.45) is 3.47. The van der Waals surface area contributed by atoms with Gasteiger partial charge in [0, 0.05) is 30.4 Å². The molecule has 108 valence electrons. The largest absolute Gasteiger partial charge is 0.451 e. The molecule has 0 saturated heterocycles. The highest BCUT2D eigenvalue weighted by atomic mass is 19.1. The minimum absolute atomic E-state index is 0.199. The van der Waals surface area contributed by atoms with Gasteiger partial charge >= 0.3 is 0 Å². The lowest BCUT2D eigenvalue weighted by molar-refractivity contribution is 0.0923. The highest BCUT2D eigenvalue weighted by Gasteiger charge is 2.18. The second-order valence-corrected chi connectivity index (χ2v) is 4.83. The van der Waals surface area contributed by atoms with E-state index in [1.165, 1.54) is 18.2 Å². The van der Waals surface area contributed by atoms with Gasteiger partial charge in [-0.3, -0.25) is 4.79 Å². The Hall–Kier alpha value is -2.63. The number of halogens is 1. The zero-order valence-corrected chi connectivity index (χ0v) is 11.7. The highest BCUT2D eigenvalue weighted by molar-refractivity contribution is 5.98. The average molecular weight is 287 g/mol. The standard InChI is InChI=1S/C15H14FN3O2/c1-9-11-7-10(16)3-4-12(11)21-14(9)15(20)18-8-13-17-5-6-19(13)2/h3-7H,8H2,1-2H3,(H,18,20). The first kappa shape index (κ1) is 13.4. The minimum atomic E-state index is -0.355. The van der Waals surface area contributed by atoms with Gasteiger partial charge in [0.25, 0.3) is 5.91 Å². The molecule has 0 aliphatic rings. The maximum Gasteiger partial charge on any atom is 0.287 e. The van der Waals surface area contributed by atoms with Crippen LogP contribution in [0.5, 0.6) is 0 Å². The fraction of sp³-hybridized carbons (Fsp3) is 0.200. The molecule has 0 saturated carbocycles.